The Morgan fingerprint density at radius 3 is 2.38 bits per heavy atom. The first-order valence-electron chi connectivity index (χ1n) is 9.18. The number of para-hydroxylation sites is 1. The molecule has 1 heterocycles. The highest BCUT2D eigenvalue weighted by atomic mass is 16.5. The lowest BCUT2D eigenvalue weighted by Gasteiger charge is -2.12. The van der Waals surface area contributed by atoms with Crippen LogP contribution in [-0.2, 0) is 17.9 Å². The van der Waals surface area contributed by atoms with Gasteiger partial charge in [-0.15, -0.1) is 0 Å². The Morgan fingerprint density at radius 2 is 1.66 bits per heavy atom. The molecular formula is C22H23N3O4. The van der Waals surface area contributed by atoms with E-state index in [-0.39, 0.29) is 19.0 Å². The molecule has 0 aliphatic heterocycles. The summed E-state index contributed by atoms with van der Waals surface area (Å²) in [6, 6.07) is 12.9. The van der Waals surface area contributed by atoms with Crippen molar-refractivity contribution in [2.75, 3.05) is 12.4 Å². The molecule has 1 aromatic heterocycles. The summed E-state index contributed by atoms with van der Waals surface area (Å²) in [5.74, 6) is 0.258. The Kier molecular flexibility index (Phi) is 5.97. The van der Waals surface area contributed by atoms with Gasteiger partial charge in [0.1, 0.15) is 12.3 Å². The Balaban J connectivity index is 1.77. The highest BCUT2D eigenvalue weighted by molar-refractivity contribution is 5.90. The third kappa shape index (κ3) is 4.63. The number of hydrogen-bond donors (Lipinski definition) is 1. The number of hydrogen-bond acceptors (Lipinski definition) is 4. The number of benzene rings is 2. The van der Waals surface area contributed by atoms with Gasteiger partial charge in [0.15, 0.2) is 0 Å². The normalized spacial score (nSPS) is 10.6. The molecule has 0 radical (unpaired) electrons. The summed E-state index contributed by atoms with van der Waals surface area (Å²) in [6.45, 7) is 3.90. The summed E-state index contributed by atoms with van der Waals surface area (Å²) >= 11 is 0. The lowest BCUT2D eigenvalue weighted by atomic mass is 10.1. The van der Waals surface area contributed by atoms with Crippen LogP contribution in [0.4, 0.5) is 5.69 Å². The van der Waals surface area contributed by atoms with E-state index in [2.05, 4.69) is 5.32 Å². The molecule has 0 unspecified atom stereocenters. The van der Waals surface area contributed by atoms with Crippen molar-refractivity contribution in [1.82, 2.24) is 9.13 Å². The van der Waals surface area contributed by atoms with Gasteiger partial charge in [-0.1, -0.05) is 24.3 Å². The molecule has 2 aromatic carbocycles. The van der Waals surface area contributed by atoms with Crippen LogP contribution < -0.4 is 21.2 Å². The summed E-state index contributed by atoms with van der Waals surface area (Å²) in [5.41, 5.74) is 2.16. The van der Waals surface area contributed by atoms with Crippen molar-refractivity contribution in [3.8, 4) is 5.75 Å². The first-order valence-corrected chi connectivity index (χ1v) is 9.18. The molecule has 0 saturated heterocycles. The molecular weight excluding hydrogens is 370 g/mol. The molecule has 7 nitrogen and oxygen atoms in total. The zero-order valence-corrected chi connectivity index (χ0v) is 16.6. The summed E-state index contributed by atoms with van der Waals surface area (Å²) < 4.78 is 7.70. The number of rotatable bonds is 6. The van der Waals surface area contributed by atoms with E-state index in [1.165, 1.54) is 17.0 Å². The minimum Gasteiger partial charge on any atom is -0.496 e. The predicted octanol–water partition coefficient (Wildman–Crippen LogP) is 2.32. The van der Waals surface area contributed by atoms with Crippen LogP contribution in [0.25, 0.3) is 0 Å². The number of carbonyl (C=O) groups excluding carboxylic acids is 1. The van der Waals surface area contributed by atoms with E-state index in [9.17, 15) is 14.4 Å². The van der Waals surface area contributed by atoms with E-state index in [4.69, 9.17) is 4.74 Å². The van der Waals surface area contributed by atoms with Gasteiger partial charge in [-0.2, -0.15) is 0 Å². The smallest absolute Gasteiger partial charge is 0.316 e. The van der Waals surface area contributed by atoms with E-state index >= 15 is 0 Å². The number of ether oxygens (including phenoxy) is 1. The van der Waals surface area contributed by atoms with Crippen LogP contribution in [0.2, 0.25) is 0 Å². The molecule has 0 spiro atoms. The molecule has 0 bridgehead atoms. The molecule has 1 amide bonds. The number of carbonyl (C=O) groups is 1. The van der Waals surface area contributed by atoms with Crippen LogP contribution in [0, 0.1) is 13.8 Å². The molecule has 1 N–H and O–H groups in total. The zero-order chi connectivity index (χ0) is 21.0. The van der Waals surface area contributed by atoms with Crippen LogP contribution in [0.3, 0.4) is 0 Å². The minimum atomic E-state index is -0.752. The van der Waals surface area contributed by atoms with Gasteiger partial charge in [0, 0.05) is 23.6 Å². The first-order chi connectivity index (χ1) is 13.9. The van der Waals surface area contributed by atoms with Crippen molar-refractivity contribution in [2.45, 2.75) is 26.9 Å². The van der Waals surface area contributed by atoms with Crippen molar-refractivity contribution >= 4 is 11.6 Å². The van der Waals surface area contributed by atoms with Gasteiger partial charge < -0.3 is 14.6 Å². The number of methoxy groups -OCH3 is 1. The number of nitrogens with zero attached hydrogens (tertiary/aromatic N) is 2. The van der Waals surface area contributed by atoms with Crippen LogP contribution in [0.15, 0.2) is 64.4 Å². The average molecular weight is 393 g/mol. The fourth-order valence-corrected chi connectivity index (χ4v) is 2.98. The third-order valence-corrected chi connectivity index (χ3v) is 4.77. The van der Waals surface area contributed by atoms with Crippen LogP contribution in [0.1, 0.15) is 16.7 Å². The van der Waals surface area contributed by atoms with Crippen molar-refractivity contribution < 1.29 is 9.53 Å². The molecule has 0 aliphatic carbocycles. The summed E-state index contributed by atoms with van der Waals surface area (Å²) in [4.78, 5) is 37.2. The van der Waals surface area contributed by atoms with Crippen molar-refractivity contribution in [1.29, 1.82) is 0 Å². The predicted molar refractivity (Wildman–Crippen MR) is 112 cm³/mol. The molecule has 0 saturated carbocycles. The minimum absolute atomic E-state index is 0.202. The molecule has 0 aliphatic rings. The monoisotopic (exact) mass is 393 g/mol. The summed E-state index contributed by atoms with van der Waals surface area (Å²) in [7, 11) is 1.55. The molecule has 0 fully saturated rings. The largest absolute Gasteiger partial charge is 0.496 e. The van der Waals surface area contributed by atoms with Gasteiger partial charge in [0.05, 0.1) is 13.7 Å². The maximum absolute atomic E-state index is 12.5. The van der Waals surface area contributed by atoms with E-state index in [0.717, 1.165) is 21.3 Å². The second-order valence-electron chi connectivity index (χ2n) is 6.82. The van der Waals surface area contributed by atoms with E-state index in [1.54, 1.807) is 19.2 Å². The van der Waals surface area contributed by atoms with Gasteiger partial charge in [-0.3, -0.25) is 19.0 Å². The molecule has 150 valence electrons. The maximum Gasteiger partial charge on any atom is 0.316 e. The molecule has 7 heteroatoms. The molecule has 3 aromatic rings. The van der Waals surface area contributed by atoms with Crippen LogP contribution in [0.5, 0.6) is 5.75 Å². The number of nitrogens with one attached hydrogen (secondary N) is 1. The van der Waals surface area contributed by atoms with Gasteiger partial charge in [-0.25, -0.2) is 0 Å². The lowest BCUT2D eigenvalue weighted by molar-refractivity contribution is -0.116. The average Bonchev–Trinajstić information content (AvgIpc) is 2.71. The van der Waals surface area contributed by atoms with Crippen molar-refractivity contribution in [3.05, 3.63) is 92.3 Å². The fourth-order valence-electron chi connectivity index (χ4n) is 2.98. The fraction of sp³-hybridized carbons (Fsp3) is 0.227. The standard InChI is InChI=1S/C22H23N3O4/c1-15-8-9-18(12-16(15)2)23-20(26)14-25-11-10-24(21(27)22(25)28)13-17-6-4-5-7-19(17)29-3/h4-12H,13-14H2,1-3H3,(H,23,26). The zero-order valence-electron chi connectivity index (χ0n) is 16.6. The molecule has 3 rings (SSSR count). The van der Waals surface area contributed by atoms with E-state index < -0.39 is 11.1 Å². The highest BCUT2D eigenvalue weighted by Crippen LogP contribution is 2.17. The Hall–Kier alpha value is -3.61. The number of anilines is 1. The van der Waals surface area contributed by atoms with Gasteiger partial charge in [0.25, 0.3) is 0 Å². The van der Waals surface area contributed by atoms with Crippen LogP contribution >= 0.6 is 0 Å². The SMILES string of the molecule is COc1ccccc1Cn1ccn(CC(=O)Nc2ccc(C)c(C)c2)c(=O)c1=O. The van der Waals surface area contributed by atoms with Crippen LogP contribution in [-0.4, -0.2) is 22.2 Å². The topological polar surface area (TPSA) is 82.3 Å². The van der Waals surface area contributed by atoms with Gasteiger partial charge in [-0.05, 0) is 43.2 Å². The van der Waals surface area contributed by atoms with Gasteiger partial charge in [0.2, 0.25) is 5.91 Å². The summed E-state index contributed by atoms with van der Waals surface area (Å²) in [6.07, 6.45) is 2.94. The Labute approximate surface area is 168 Å². The number of aromatic nitrogens is 2. The Morgan fingerprint density at radius 1 is 0.966 bits per heavy atom. The molecule has 29 heavy (non-hydrogen) atoms. The molecule has 0 atom stereocenters. The van der Waals surface area contributed by atoms with Crippen molar-refractivity contribution in [3.63, 3.8) is 0 Å². The van der Waals surface area contributed by atoms with Gasteiger partial charge >= 0.3 is 11.1 Å². The van der Waals surface area contributed by atoms with E-state index in [0.29, 0.717) is 11.4 Å². The maximum atomic E-state index is 12.5. The quantitative estimate of drug-likeness (QED) is 0.652. The van der Waals surface area contributed by atoms with Crippen molar-refractivity contribution in [2.24, 2.45) is 0 Å². The summed E-state index contributed by atoms with van der Waals surface area (Å²) in [5, 5.41) is 2.75. The lowest BCUT2D eigenvalue weighted by Crippen LogP contribution is -2.42. The second-order valence-corrected chi connectivity index (χ2v) is 6.82. The van der Waals surface area contributed by atoms with E-state index in [1.807, 2.05) is 44.2 Å². The first kappa shape index (κ1) is 20.1. The number of aryl methyl sites for hydroxylation is 2. The highest BCUT2D eigenvalue weighted by Gasteiger charge is 2.11. The number of amides is 1. The third-order valence-electron chi connectivity index (χ3n) is 4.77. The second kappa shape index (κ2) is 8.60. The Bertz CT molecular complexity index is 1160.